The molecule has 0 aliphatic carbocycles. The minimum Gasteiger partial charge on any atom is -0.497 e. The third-order valence-corrected chi connectivity index (χ3v) is 2.56. The minimum absolute atomic E-state index is 0.810. The van der Waals surface area contributed by atoms with Crippen LogP contribution >= 0.6 is 0 Å². The van der Waals surface area contributed by atoms with E-state index in [9.17, 15) is 0 Å². The molecule has 0 radical (unpaired) electrons. The summed E-state index contributed by atoms with van der Waals surface area (Å²) >= 11 is 0. The van der Waals surface area contributed by atoms with Crippen LogP contribution in [0.3, 0.4) is 0 Å². The van der Waals surface area contributed by atoms with Crippen LogP contribution in [0, 0.1) is 0 Å². The molecule has 1 heterocycles. The van der Waals surface area contributed by atoms with Crippen molar-refractivity contribution in [2.45, 2.75) is 19.9 Å². The molecule has 0 aliphatic heterocycles. The van der Waals surface area contributed by atoms with Crippen molar-refractivity contribution in [1.29, 1.82) is 0 Å². The van der Waals surface area contributed by atoms with E-state index in [1.165, 1.54) is 5.56 Å². The van der Waals surface area contributed by atoms with Crippen molar-refractivity contribution in [3.05, 3.63) is 47.8 Å². The van der Waals surface area contributed by atoms with Crippen LogP contribution in [0.1, 0.15) is 18.2 Å². The van der Waals surface area contributed by atoms with Crippen molar-refractivity contribution in [3.63, 3.8) is 0 Å². The van der Waals surface area contributed by atoms with Gasteiger partial charge in [0, 0.05) is 6.20 Å². The maximum absolute atomic E-state index is 5.12. The summed E-state index contributed by atoms with van der Waals surface area (Å²) in [6, 6.07) is 10.1. The Balaban J connectivity index is 2.08. The molecule has 1 aromatic heterocycles. The predicted molar refractivity (Wildman–Crippen MR) is 63.7 cm³/mol. The summed E-state index contributed by atoms with van der Waals surface area (Å²) < 4.78 is 7.08. The second-order valence-corrected chi connectivity index (χ2v) is 3.71. The molecule has 0 aliphatic rings. The molecule has 0 amide bonds. The number of benzene rings is 1. The van der Waals surface area contributed by atoms with Gasteiger partial charge >= 0.3 is 0 Å². The van der Waals surface area contributed by atoms with E-state index in [4.69, 9.17) is 4.74 Å². The van der Waals surface area contributed by atoms with Crippen LogP contribution in [-0.4, -0.2) is 16.9 Å². The van der Waals surface area contributed by atoms with Crippen molar-refractivity contribution in [2.24, 2.45) is 0 Å². The second-order valence-electron chi connectivity index (χ2n) is 3.71. The fourth-order valence-corrected chi connectivity index (χ4v) is 1.60. The van der Waals surface area contributed by atoms with Crippen LogP contribution in [-0.2, 0) is 13.0 Å². The Kier molecular flexibility index (Phi) is 3.25. The Bertz CT molecular complexity index is 445. The fourth-order valence-electron chi connectivity index (χ4n) is 1.60. The largest absolute Gasteiger partial charge is 0.497 e. The standard InChI is InChI=1S/C13H16N2O/c1-3-12-8-9-15(14-12)10-11-4-6-13(16-2)7-5-11/h4-9H,3,10H2,1-2H3. The molecule has 0 atom stereocenters. The number of rotatable bonds is 4. The molecule has 0 saturated heterocycles. The lowest BCUT2D eigenvalue weighted by atomic mass is 10.2. The molecule has 0 bridgehead atoms. The van der Waals surface area contributed by atoms with E-state index in [0.29, 0.717) is 0 Å². The summed E-state index contributed by atoms with van der Waals surface area (Å²) in [7, 11) is 1.68. The molecule has 0 N–H and O–H groups in total. The first-order valence-electron chi connectivity index (χ1n) is 5.47. The minimum atomic E-state index is 0.810. The highest BCUT2D eigenvalue weighted by Crippen LogP contribution is 2.12. The van der Waals surface area contributed by atoms with Crippen LogP contribution in [0.15, 0.2) is 36.5 Å². The molecule has 2 aromatic rings. The van der Waals surface area contributed by atoms with Gasteiger partial charge in [0.1, 0.15) is 5.75 Å². The van der Waals surface area contributed by atoms with Gasteiger partial charge in [-0.1, -0.05) is 19.1 Å². The quantitative estimate of drug-likeness (QED) is 0.785. The molecule has 0 fully saturated rings. The van der Waals surface area contributed by atoms with Gasteiger partial charge in [0.15, 0.2) is 0 Å². The van der Waals surface area contributed by atoms with Gasteiger partial charge in [-0.2, -0.15) is 5.10 Å². The van der Waals surface area contributed by atoms with Crippen molar-refractivity contribution in [1.82, 2.24) is 9.78 Å². The van der Waals surface area contributed by atoms with Gasteiger partial charge in [0.25, 0.3) is 0 Å². The molecule has 2 rings (SSSR count). The average Bonchev–Trinajstić information content (AvgIpc) is 2.78. The molecule has 0 saturated carbocycles. The van der Waals surface area contributed by atoms with Gasteiger partial charge < -0.3 is 4.74 Å². The first-order valence-corrected chi connectivity index (χ1v) is 5.47. The highest BCUT2D eigenvalue weighted by molar-refractivity contribution is 5.27. The van der Waals surface area contributed by atoms with Crippen molar-refractivity contribution in [2.75, 3.05) is 7.11 Å². The summed E-state index contributed by atoms with van der Waals surface area (Å²) in [6.45, 7) is 2.92. The number of methoxy groups -OCH3 is 1. The maximum Gasteiger partial charge on any atom is 0.118 e. The van der Waals surface area contributed by atoms with Crippen LogP contribution < -0.4 is 4.74 Å². The van der Waals surface area contributed by atoms with E-state index in [2.05, 4.69) is 30.2 Å². The Morgan fingerprint density at radius 3 is 2.50 bits per heavy atom. The maximum atomic E-state index is 5.12. The van der Waals surface area contributed by atoms with Gasteiger partial charge in [0.2, 0.25) is 0 Å². The number of hydrogen-bond acceptors (Lipinski definition) is 2. The fraction of sp³-hybridized carbons (Fsp3) is 0.308. The van der Waals surface area contributed by atoms with Crippen LogP contribution in [0.4, 0.5) is 0 Å². The predicted octanol–water partition coefficient (Wildman–Crippen LogP) is 2.50. The van der Waals surface area contributed by atoms with Crippen LogP contribution in [0.25, 0.3) is 0 Å². The van der Waals surface area contributed by atoms with E-state index < -0.39 is 0 Å². The Labute approximate surface area is 95.7 Å². The van der Waals surface area contributed by atoms with Gasteiger partial charge in [-0.25, -0.2) is 0 Å². The third kappa shape index (κ3) is 2.42. The monoisotopic (exact) mass is 216 g/mol. The summed E-state index contributed by atoms with van der Waals surface area (Å²) in [5, 5.41) is 4.45. The van der Waals surface area contributed by atoms with E-state index in [-0.39, 0.29) is 0 Å². The van der Waals surface area contributed by atoms with E-state index in [0.717, 1.165) is 24.4 Å². The topological polar surface area (TPSA) is 27.1 Å². The normalized spacial score (nSPS) is 10.4. The molecule has 3 heteroatoms. The number of hydrogen-bond donors (Lipinski definition) is 0. The number of aromatic nitrogens is 2. The van der Waals surface area contributed by atoms with E-state index in [1.807, 2.05) is 23.0 Å². The molecule has 16 heavy (non-hydrogen) atoms. The van der Waals surface area contributed by atoms with Crippen molar-refractivity contribution < 1.29 is 4.74 Å². The molecule has 1 aromatic carbocycles. The lowest BCUT2D eigenvalue weighted by Gasteiger charge is -2.03. The Hall–Kier alpha value is -1.77. The second kappa shape index (κ2) is 4.84. The number of nitrogens with zero attached hydrogens (tertiary/aromatic N) is 2. The molecule has 0 unspecified atom stereocenters. The van der Waals surface area contributed by atoms with Gasteiger partial charge in [-0.3, -0.25) is 4.68 Å². The third-order valence-electron chi connectivity index (χ3n) is 2.56. The van der Waals surface area contributed by atoms with Crippen molar-refractivity contribution >= 4 is 0 Å². The van der Waals surface area contributed by atoms with Crippen LogP contribution in [0.2, 0.25) is 0 Å². The highest BCUT2D eigenvalue weighted by atomic mass is 16.5. The number of aryl methyl sites for hydroxylation is 1. The summed E-state index contributed by atoms with van der Waals surface area (Å²) in [5.41, 5.74) is 2.36. The first kappa shape index (κ1) is 10.7. The summed E-state index contributed by atoms with van der Waals surface area (Å²) in [4.78, 5) is 0. The highest BCUT2D eigenvalue weighted by Gasteiger charge is 1.98. The molecule has 0 spiro atoms. The smallest absolute Gasteiger partial charge is 0.118 e. The summed E-state index contributed by atoms with van der Waals surface area (Å²) in [6.07, 6.45) is 3.00. The summed E-state index contributed by atoms with van der Waals surface area (Å²) in [5.74, 6) is 0.887. The SMILES string of the molecule is CCc1ccn(Cc2ccc(OC)cc2)n1. The van der Waals surface area contributed by atoms with Gasteiger partial charge in [-0.05, 0) is 30.2 Å². The zero-order valence-corrected chi connectivity index (χ0v) is 9.68. The van der Waals surface area contributed by atoms with Gasteiger partial charge in [0.05, 0.1) is 19.3 Å². The molecule has 3 nitrogen and oxygen atoms in total. The molecular weight excluding hydrogens is 200 g/mol. The van der Waals surface area contributed by atoms with Crippen LogP contribution in [0.5, 0.6) is 5.75 Å². The Morgan fingerprint density at radius 1 is 1.19 bits per heavy atom. The lowest BCUT2D eigenvalue weighted by Crippen LogP contribution is -2.00. The number of ether oxygens (including phenoxy) is 1. The van der Waals surface area contributed by atoms with E-state index in [1.54, 1.807) is 7.11 Å². The Morgan fingerprint density at radius 2 is 1.94 bits per heavy atom. The molecular formula is C13H16N2O. The zero-order valence-electron chi connectivity index (χ0n) is 9.68. The molecule has 84 valence electrons. The first-order chi connectivity index (χ1) is 7.81. The van der Waals surface area contributed by atoms with Gasteiger partial charge in [-0.15, -0.1) is 0 Å². The zero-order chi connectivity index (χ0) is 11.4. The van der Waals surface area contributed by atoms with Crippen molar-refractivity contribution in [3.8, 4) is 5.75 Å². The average molecular weight is 216 g/mol. The lowest BCUT2D eigenvalue weighted by molar-refractivity contribution is 0.414. The van der Waals surface area contributed by atoms with E-state index >= 15 is 0 Å².